The average molecular weight is 548 g/mol. The first-order valence-electron chi connectivity index (χ1n) is 14.6. The molecule has 0 aromatic heterocycles. The number of rotatable bonds is 11. The Balaban J connectivity index is 0.00000107. The molecule has 0 fully saturated rings. The molecule has 4 nitrogen and oxygen atoms in total. The van der Waals surface area contributed by atoms with Crippen LogP contribution in [0.1, 0.15) is 106 Å². The molecular weight excluding hydrogens is 494 g/mol. The van der Waals surface area contributed by atoms with Gasteiger partial charge in [0.25, 0.3) is 0 Å². The van der Waals surface area contributed by atoms with Gasteiger partial charge in [-0.05, 0) is 81.2 Å². The Kier molecular flexibility index (Phi) is 19.1. The molecule has 0 radical (unpaired) electrons. The van der Waals surface area contributed by atoms with E-state index in [4.69, 9.17) is 5.11 Å². The molecular formula is C36H53NO3. The number of amides is 1. The molecule has 3 unspecified atom stereocenters. The second-order valence-electron chi connectivity index (χ2n) is 10.6. The van der Waals surface area contributed by atoms with Gasteiger partial charge in [0.15, 0.2) is 5.78 Å². The number of aryl methyl sites for hydroxylation is 1. The normalized spacial score (nSPS) is 12.2. The Morgan fingerprint density at radius 2 is 1.60 bits per heavy atom. The van der Waals surface area contributed by atoms with Crippen LogP contribution in [0.5, 0.6) is 0 Å². The van der Waals surface area contributed by atoms with Gasteiger partial charge in [-0.1, -0.05) is 95.2 Å². The summed E-state index contributed by atoms with van der Waals surface area (Å²) >= 11 is 0. The van der Waals surface area contributed by atoms with Gasteiger partial charge in [-0.15, -0.1) is 0 Å². The first kappa shape index (κ1) is 36.8. The Morgan fingerprint density at radius 3 is 2.02 bits per heavy atom. The van der Waals surface area contributed by atoms with E-state index in [-0.39, 0.29) is 17.6 Å². The van der Waals surface area contributed by atoms with Crippen LogP contribution in [0.2, 0.25) is 0 Å². The van der Waals surface area contributed by atoms with Crippen LogP contribution < -0.4 is 5.32 Å². The van der Waals surface area contributed by atoms with E-state index < -0.39 is 0 Å². The molecule has 2 aromatic rings. The zero-order chi connectivity index (χ0) is 30.7. The van der Waals surface area contributed by atoms with Gasteiger partial charge in [-0.25, -0.2) is 0 Å². The highest BCUT2D eigenvalue weighted by Crippen LogP contribution is 2.24. The van der Waals surface area contributed by atoms with Crippen molar-refractivity contribution >= 4 is 11.7 Å². The van der Waals surface area contributed by atoms with Gasteiger partial charge in [0, 0.05) is 30.8 Å². The number of aliphatic hydroxyl groups excluding tert-OH is 1. The Labute approximate surface area is 244 Å². The fraction of sp³-hybridized carbons (Fsp3) is 0.500. The summed E-state index contributed by atoms with van der Waals surface area (Å²) in [5, 5.41) is 9.60. The van der Waals surface area contributed by atoms with E-state index in [1.807, 2.05) is 38.1 Å². The number of Topliss-reactive ketones (excluding diaryl/α,β-unsaturated/α-hetero) is 1. The number of ketones is 1. The number of aliphatic hydroxyl groups is 1. The quantitative estimate of drug-likeness (QED) is 0.170. The lowest BCUT2D eigenvalue weighted by molar-refractivity contribution is -0.123. The molecule has 0 aliphatic carbocycles. The average Bonchev–Trinajstić information content (AvgIpc) is 2.94. The van der Waals surface area contributed by atoms with Gasteiger partial charge in [0.2, 0.25) is 5.91 Å². The van der Waals surface area contributed by atoms with Crippen LogP contribution in [0.25, 0.3) is 0 Å². The van der Waals surface area contributed by atoms with Crippen LogP contribution in [-0.2, 0) is 11.2 Å². The zero-order valence-corrected chi connectivity index (χ0v) is 26.5. The topological polar surface area (TPSA) is 66.4 Å². The number of carbonyl (C=O) groups is 2. The largest absolute Gasteiger partial charge is 0.400 e. The highest BCUT2D eigenvalue weighted by molar-refractivity contribution is 5.94. The molecule has 0 aliphatic heterocycles. The molecule has 2 N–H and O–H groups in total. The third kappa shape index (κ3) is 13.8. The predicted octanol–water partition coefficient (Wildman–Crippen LogP) is 7.94. The van der Waals surface area contributed by atoms with Gasteiger partial charge >= 0.3 is 0 Å². The van der Waals surface area contributed by atoms with E-state index in [2.05, 4.69) is 69.6 Å². The van der Waals surface area contributed by atoms with E-state index in [1.54, 1.807) is 14.0 Å². The van der Waals surface area contributed by atoms with Crippen molar-refractivity contribution in [1.82, 2.24) is 5.32 Å². The summed E-state index contributed by atoms with van der Waals surface area (Å²) in [5.74, 6) is 8.21. The van der Waals surface area contributed by atoms with Crippen molar-refractivity contribution in [1.29, 1.82) is 0 Å². The number of hydrogen-bond donors (Lipinski definition) is 2. The van der Waals surface area contributed by atoms with Crippen molar-refractivity contribution in [3.05, 3.63) is 82.4 Å². The fourth-order valence-corrected chi connectivity index (χ4v) is 4.80. The lowest BCUT2D eigenvalue weighted by Gasteiger charge is -2.19. The van der Waals surface area contributed by atoms with Crippen LogP contribution in [0.3, 0.4) is 0 Å². The number of nitrogens with one attached hydrogen (secondary N) is 1. The van der Waals surface area contributed by atoms with Gasteiger partial charge in [0.05, 0.1) is 5.92 Å². The number of hydrogen-bond acceptors (Lipinski definition) is 3. The first-order valence-corrected chi connectivity index (χ1v) is 14.6. The molecule has 0 saturated carbocycles. The summed E-state index contributed by atoms with van der Waals surface area (Å²) in [5.41, 5.74) is 6.31. The summed E-state index contributed by atoms with van der Waals surface area (Å²) in [6, 6.07) is 14.2. The van der Waals surface area contributed by atoms with Gasteiger partial charge in [0.1, 0.15) is 0 Å². The summed E-state index contributed by atoms with van der Waals surface area (Å²) in [6.45, 7) is 18.3. The van der Waals surface area contributed by atoms with Crippen molar-refractivity contribution in [2.75, 3.05) is 14.2 Å². The molecule has 40 heavy (non-hydrogen) atoms. The summed E-state index contributed by atoms with van der Waals surface area (Å²) in [6.07, 6.45) is 7.22. The van der Waals surface area contributed by atoms with E-state index in [1.165, 1.54) is 36.8 Å². The van der Waals surface area contributed by atoms with Crippen molar-refractivity contribution in [2.45, 2.75) is 87.0 Å². The van der Waals surface area contributed by atoms with Gasteiger partial charge in [-0.3, -0.25) is 9.59 Å². The van der Waals surface area contributed by atoms with Crippen LogP contribution in [0.4, 0.5) is 0 Å². The minimum absolute atomic E-state index is 0.00926. The van der Waals surface area contributed by atoms with E-state index in [9.17, 15) is 9.59 Å². The molecule has 2 aromatic carbocycles. The third-order valence-corrected chi connectivity index (χ3v) is 7.08. The van der Waals surface area contributed by atoms with Crippen molar-refractivity contribution in [2.24, 2.45) is 17.8 Å². The summed E-state index contributed by atoms with van der Waals surface area (Å²) in [7, 11) is 2.65. The third-order valence-electron chi connectivity index (χ3n) is 7.08. The van der Waals surface area contributed by atoms with E-state index in [0.29, 0.717) is 5.92 Å². The maximum atomic E-state index is 11.4. The van der Waals surface area contributed by atoms with Crippen molar-refractivity contribution in [3.63, 3.8) is 0 Å². The Hall–Kier alpha value is -3.16. The predicted molar refractivity (Wildman–Crippen MR) is 171 cm³/mol. The monoisotopic (exact) mass is 547 g/mol. The maximum absolute atomic E-state index is 11.4. The molecule has 1 amide bonds. The molecule has 0 spiro atoms. The first-order chi connectivity index (χ1) is 19.1. The van der Waals surface area contributed by atoms with Crippen LogP contribution in [0, 0.1) is 36.5 Å². The van der Waals surface area contributed by atoms with E-state index in [0.717, 1.165) is 48.1 Å². The fourth-order valence-electron chi connectivity index (χ4n) is 4.80. The van der Waals surface area contributed by atoms with Crippen molar-refractivity contribution in [3.8, 4) is 11.8 Å². The second-order valence-corrected chi connectivity index (χ2v) is 10.6. The van der Waals surface area contributed by atoms with Gasteiger partial charge in [-0.2, -0.15) is 0 Å². The number of benzene rings is 2. The van der Waals surface area contributed by atoms with Crippen LogP contribution in [-0.4, -0.2) is 31.0 Å². The Morgan fingerprint density at radius 1 is 0.975 bits per heavy atom. The minimum Gasteiger partial charge on any atom is -0.400 e. The van der Waals surface area contributed by atoms with Gasteiger partial charge < -0.3 is 10.4 Å². The molecule has 0 aliphatic rings. The molecule has 4 heteroatoms. The Bertz CT molecular complexity index is 1110. The maximum Gasteiger partial charge on any atom is 0.226 e. The second kappa shape index (κ2) is 20.7. The minimum atomic E-state index is -0.00926. The zero-order valence-electron chi connectivity index (χ0n) is 26.5. The lowest BCUT2D eigenvalue weighted by Crippen LogP contribution is -2.27. The standard InChI is InChI=1S/C27H34O.C8H15NO.CH4O/c1-6-8-23(7-2)17-20(3)18-25-12-14-26(21(4)19-25)13-9-24-10-15-27(16-11-24)22(5)28;1-5-7(6(2)3)8(10)9-4;1-2/h10-12,14-16,19-20,23H,6-8,17-18H2,1-5H3;7H,2,5H2,1,3-4H3,(H,9,10);2H,1H3. The molecule has 220 valence electrons. The van der Waals surface area contributed by atoms with E-state index >= 15 is 0 Å². The molecule has 0 saturated heterocycles. The van der Waals surface area contributed by atoms with Crippen LogP contribution in [0.15, 0.2) is 54.6 Å². The molecule has 0 heterocycles. The molecule has 2 rings (SSSR count). The summed E-state index contributed by atoms with van der Waals surface area (Å²) < 4.78 is 0. The molecule has 0 bridgehead atoms. The smallest absolute Gasteiger partial charge is 0.226 e. The van der Waals surface area contributed by atoms with Crippen molar-refractivity contribution < 1.29 is 14.7 Å². The summed E-state index contributed by atoms with van der Waals surface area (Å²) in [4.78, 5) is 22.4. The SMILES string of the molecule is C=C(C)C(CC)C(=O)NC.CCCC(CC)CC(C)Cc1ccc(C#Cc2ccc(C(C)=O)cc2)c(C)c1.CO. The molecule has 3 atom stereocenters. The lowest BCUT2D eigenvalue weighted by atomic mass is 9.86. The van der Waals surface area contributed by atoms with Crippen LogP contribution >= 0.6 is 0 Å². The highest BCUT2D eigenvalue weighted by Gasteiger charge is 2.14. The highest BCUT2D eigenvalue weighted by atomic mass is 16.2. The number of carbonyl (C=O) groups excluding carboxylic acids is 2.